The van der Waals surface area contributed by atoms with Crippen LogP contribution in [0, 0.1) is 5.82 Å². The molecule has 0 aliphatic carbocycles. The molecule has 0 atom stereocenters. The number of para-hydroxylation sites is 1. The number of urea groups is 1. The fourth-order valence-corrected chi connectivity index (χ4v) is 3.78. The van der Waals surface area contributed by atoms with Gasteiger partial charge in [0.25, 0.3) is 5.91 Å². The lowest BCUT2D eigenvalue weighted by Crippen LogP contribution is -2.38. The number of nitrogens with one attached hydrogen (secondary N) is 2. The monoisotopic (exact) mass is 398 g/mol. The van der Waals surface area contributed by atoms with Crippen molar-refractivity contribution in [1.29, 1.82) is 0 Å². The molecule has 0 bridgehead atoms. The molecule has 3 amide bonds. The maximum absolute atomic E-state index is 13.7. The number of hydrogen-bond donors (Lipinski definition) is 2. The molecule has 8 nitrogen and oxygen atoms in total. The van der Waals surface area contributed by atoms with Gasteiger partial charge in [0.15, 0.2) is 5.13 Å². The third-order valence-corrected chi connectivity index (χ3v) is 5.15. The summed E-state index contributed by atoms with van der Waals surface area (Å²) < 4.78 is 13.7. The average molecular weight is 398 g/mol. The van der Waals surface area contributed by atoms with E-state index in [1.807, 2.05) is 0 Å². The normalized spacial score (nSPS) is 13.0. The Labute approximate surface area is 163 Å². The van der Waals surface area contributed by atoms with Gasteiger partial charge in [-0.1, -0.05) is 23.5 Å². The predicted molar refractivity (Wildman–Crippen MR) is 102 cm³/mol. The first kappa shape index (κ1) is 18.0. The maximum atomic E-state index is 13.7. The van der Waals surface area contributed by atoms with Crippen LogP contribution in [0.3, 0.4) is 0 Å². The molecule has 1 aliphatic heterocycles. The van der Waals surface area contributed by atoms with E-state index >= 15 is 0 Å². The molecule has 0 saturated carbocycles. The Morgan fingerprint density at radius 1 is 1.18 bits per heavy atom. The van der Waals surface area contributed by atoms with Crippen LogP contribution in [-0.4, -0.2) is 38.3 Å². The number of rotatable bonds is 3. The van der Waals surface area contributed by atoms with Gasteiger partial charge < -0.3 is 10.2 Å². The number of carbonyl (C=O) groups is 2. The number of benzene rings is 1. The zero-order valence-corrected chi connectivity index (χ0v) is 15.4. The topological polar surface area (TPSA) is 100 Å². The molecule has 3 aromatic rings. The van der Waals surface area contributed by atoms with Crippen LogP contribution in [0.15, 0.2) is 42.9 Å². The lowest BCUT2D eigenvalue weighted by molar-refractivity contribution is 0.102. The highest BCUT2D eigenvalue weighted by atomic mass is 32.1. The van der Waals surface area contributed by atoms with Gasteiger partial charge in [-0.15, -0.1) is 0 Å². The minimum absolute atomic E-state index is 0.138. The van der Waals surface area contributed by atoms with Gasteiger partial charge in [0.05, 0.1) is 24.1 Å². The Morgan fingerprint density at radius 3 is 2.82 bits per heavy atom. The zero-order chi connectivity index (χ0) is 19.5. The van der Waals surface area contributed by atoms with Crippen molar-refractivity contribution in [3.05, 3.63) is 64.9 Å². The molecule has 142 valence electrons. The van der Waals surface area contributed by atoms with Gasteiger partial charge in [0, 0.05) is 30.2 Å². The van der Waals surface area contributed by atoms with Crippen LogP contribution in [-0.2, 0) is 13.0 Å². The minimum Gasteiger partial charge on any atom is -0.319 e. The van der Waals surface area contributed by atoms with Crippen LogP contribution in [0.1, 0.15) is 21.1 Å². The van der Waals surface area contributed by atoms with Crippen LogP contribution in [0.25, 0.3) is 0 Å². The molecule has 0 radical (unpaired) electrons. The van der Waals surface area contributed by atoms with Gasteiger partial charge in [-0.25, -0.2) is 19.2 Å². The van der Waals surface area contributed by atoms with Crippen LogP contribution in [0.4, 0.5) is 20.0 Å². The van der Waals surface area contributed by atoms with Crippen molar-refractivity contribution in [1.82, 2.24) is 19.9 Å². The Kier molecular flexibility index (Phi) is 4.94. The molecule has 2 N–H and O–H groups in total. The lowest BCUT2D eigenvalue weighted by Gasteiger charge is -2.26. The van der Waals surface area contributed by atoms with E-state index in [1.54, 1.807) is 17.0 Å². The summed E-state index contributed by atoms with van der Waals surface area (Å²) in [6.45, 7) is 0.795. The Hall–Kier alpha value is -3.40. The van der Waals surface area contributed by atoms with Crippen molar-refractivity contribution in [3.8, 4) is 0 Å². The Morgan fingerprint density at radius 2 is 2.04 bits per heavy atom. The van der Waals surface area contributed by atoms with Crippen molar-refractivity contribution in [2.24, 2.45) is 0 Å². The summed E-state index contributed by atoms with van der Waals surface area (Å²) in [6.07, 6.45) is 4.85. The molecule has 1 aromatic carbocycles. The second-order valence-electron chi connectivity index (χ2n) is 6.02. The SMILES string of the molecule is O=C(Nc1nc2c(s1)CN(C(=O)Nc1ccccc1F)CC2)c1cnccn1. The summed E-state index contributed by atoms with van der Waals surface area (Å²) in [5.74, 6) is -0.881. The first-order chi connectivity index (χ1) is 13.6. The van der Waals surface area contributed by atoms with E-state index in [9.17, 15) is 14.0 Å². The van der Waals surface area contributed by atoms with E-state index in [0.717, 1.165) is 10.6 Å². The molecular weight excluding hydrogens is 383 g/mol. The Balaban J connectivity index is 1.42. The van der Waals surface area contributed by atoms with Crippen molar-refractivity contribution < 1.29 is 14.0 Å². The van der Waals surface area contributed by atoms with E-state index in [-0.39, 0.29) is 17.4 Å². The first-order valence-electron chi connectivity index (χ1n) is 8.46. The van der Waals surface area contributed by atoms with E-state index in [4.69, 9.17) is 0 Å². The summed E-state index contributed by atoms with van der Waals surface area (Å²) in [5, 5.41) is 5.73. The van der Waals surface area contributed by atoms with Crippen molar-refractivity contribution in [2.75, 3.05) is 17.2 Å². The maximum Gasteiger partial charge on any atom is 0.322 e. The minimum atomic E-state index is -0.486. The number of nitrogens with zero attached hydrogens (tertiary/aromatic N) is 4. The van der Waals surface area contributed by atoms with E-state index < -0.39 is 11.7 Å². The Bertz CT molecular complexity index is 1030. The number of carbonyl (C=O) groups excluding carboxylic acids is 2. The summed E-state index contributed by atoms with van der Waals surface area (Å²) in [7, 11) is 0. The molecular formula is C18H15FN6O2S. The van der Waals surface area contributed by atoms with Crippen LogP contribution in [0.5, 0.6) is 0 Å². The number of anilines is 2. The molecule has 10 heteroatoms. The molecule has 1 aliphatic rings. The molecule has 3 heterocycles. The van der Waals surface area contributed by atoms with Crippen molar-refractivity contribution >= 4 is 34.1 Å². The number of aromatic nitrogens is 3. The van der Waals surface area contributed by atoms with Crippen molar-refractivity contribution in [3.63, 3.8) is 0 Å². The number of fused-ring (bicyclic) bond motifs is 1. The molecule has 2 aromatic heterocycles. The first-order valence-corrected chi connectivity index (χ1v) is 9.28. The third-order valence-electron chi connectivity index (χ3n) is 4.15. The standard InChI is InChI=1S/C18H15FN6O2S/c19-11-3-1-2-4-12(11)23-18(27)25-8-5-13-15(10-25)28-17(22-13)24-16(26)14-9-20-6-7-21-14/h1-4,6-7,9H,5,8,10H2,(H,23,27)(H,22,24,26). The molecule has 28 heavy (non-hydrogen) atoms. The van der Waals surface area contributed by atoms with Gasteiger partial charge in [0.1, 0.15) is 11.5 Å². The summed E-state index contributed by atoms with van der Waals surface area (Å²) in [6, 6.07) is 5.64. The third kappa shape index (κ3) is 3.81. The van der Waals surface area contributed by atoms with E-state index in [1.165, 1.54) is 42.1 Å². The predicted octanol–water partition coefficient (Wildman–Crippen LogP) is 2.91. The largest absolute Gasteiger partial charge is 0.322 e. The second-order valence-corrected chi connectivity index (χ2v) is 7.10. The molecule has 0 unspecified atom stereocenters. The van der Waals surface area contributed by atoms with Gasteiger partial charge in [0.2, 0.25) is 0 Å². The summed E-state index contributed by atoms with van der Waals surface area (Å²) in [4.78, 5) is 39.3. The van der Waals surface area contributed by atoms with E-state index in [2.05, 4.69) is 25.6 Å². The fraction of sp³-hybridized carbons (Fsp3) is 0.167. The van der Waals surface area contributed by atoms with Gasteiger partial charge in [-0.05, 0) is 12.1 Å². The smallest absolute Gasteiger partial charge is 0.319 e. The zero-order valence-electron chi connectivity index (χ0n) is 14.6. The highest BCUT2D eigenvalue weighted by Gasteiger charge is 2.25. The van der Waals surface area contributed by atoms with Crippen LogP contribution < -0.4 is 10.6 Å². The van der Waals surface area contributed by atoms with Crippen LogP contribution >= 0.6 is 11.3 Å². The second kappa shape index (κ2) is 7.69. The number of hydrogen-bond acceptors (Lipinski definition) is 6. The lowest BCUT2D eigenvalue weighted by atomic mass is 10.2. The number of thiazole rings is 1. The molecule has 0 spiro atoms. The summed E-state index contributed by atoms with van der Waals surface area (Å²) >= 11 is 1.30. The quantitative estimate of drug-likeness (QED) is 0.707. The molecule has 0 fully saturated rings. The van der Waals surface area contributed by atoms with Crippen molar-refractivity contribution in [2.45, 2.75) is 13.0 Å². The summed E-state index contributed by atoms with van der Waals surface area (Å²) in [5.41, 5.74) is 1.18. The number of halogens is 1. The fourth-order valence-electron chi connectivity index (χ4n) is 2.76. The number of amides is 3. The molecule has 0 saturated heterocycles. The molecule has 4 rings (SSSR count). The van der Waals surface area contributed by atoms with Gasteiger partial charge >= 0.3 is 6.03 Å². The highest BCUT2D eigenvalue weighted by molar-refractivity contribution is 7.15. The average Bonchev–Trinajstić information content (AvgIpc) is 3.11. The van der Waals surface area contributed by atoms with Crippen LogP contribution in [0.2, 0.25) is 0 Å². The van der Waals surface area contributed by atoms with Gasteiger partial charge in [-0.2, -0.15) is 0 Å². The highest BCUT2D eigenvalue weighted by Crippen LogP contribution is 2.29. The van der Waals surface area contributed by atoms with Gasteiger partial charge in [-0.3, -0.25) is 15.1 Å². The van der Waals surface area contributed by atoms with E-state index in [0.29, 0.717) is 24.6 Å².